The van der Waals surface area contributed by atoms with Crippen LogP contribution in [-0.2, 0) is 11.8 Å². The van der Waals surface area contributed by atoms with E-state index < -0.39 is 6.10 Å². The lowest BCUT2D eigenvalue weighted by atomic mass is 9.74. The van der Waals surface area contributed by atoms with E-state index in [4.69, 9.17) is 4.74 Å². The molecule has 2 aliphatic rings. The summed E-state index contributed by atoms with van der Waals surface area (Å²) in [5.41, 5.74) is 2.12. The molecule has 3 rings (SSSR count). The van der Waals surface area contributed by atoms with Crippen molar-refractivity contribution in [3.8, 4) is 0 Å². The minimum absolute atomic E-state index is 0.0538. The molecule has 1 saturated carbocycles. The number of rotatable bonds is 2. The summed E-state index contributed by atoms with van der Waals surface area (Å²) in [6.07, 6.45) is 9.60. The van der Waals surface area contributed by atoms with Gasteiger partial charge in [-0.1, -0.05) is 19.3 Å². The summed E-state index contributed by atoms with van der Waals surface area (Å²) in [5.74, 6) is 0.310. The molecule has 1 aliphatic heterocycles. The predicted octanol–water partition coefficient (Wildman–Crippen LogP) is 2.89. The lowest BCUT2D eigenvalue weighted by Gasteiger charge is -2.44. The fraction of sp³-hybridized carbons (Fsp3) is 0.812. The van der Waals surface area contributed by atoms with Crippen molar-refractivity contribution in [2.75, 3.05) is 6.61 Å². The summed E-state index contributed by atoms with van der Waals surface area (Å²) < 4.78 is 7.97. The van der Waals surface area contributed by atoms with E-state index in [1.165, 1.54) is 32.1 Å². The van der Waals surface area contributed by atoms with E-state index in [1.807, 2.05) is 24.9 Å². The number of aromatic nitrogens is 2. The summed E-state index contributed by atoms with van der Waals surface area (Å²) >= 11 is 0. The van der Waals surface area contributed by atoms with Gasteiger partial charge in [-0.25, -0.2) is 0 Å². The van der Waals surface area contributed by atoms with Crippen LogP contribution in [0.25, 0.3) is 0 Å². The van der Waals surface area contributed by atoms with Gasteiger partial charge in [-0.05, 0) is 38.5 Å². The Morgan fingerprint density at radius 3 is 2.80 bits per heavy atom. The van der Waals surface area contributed by atoms with Crippen LogP contribution in [-0.4, -0.2) is 27.1 Å². The summed E-state index contributed by atoms with van der Waals surface area (Å²) in [4.78, 5) is 0. The van der Waals surface area contributed by atoms with E-state index in [0.29, 0.717) is 5.92 Å². The second-order valence-corrected chi connectivity index (χ2v) is 6.60. The van der Waals surface area contributed by atoms with Crippen LogP contribution >= 0.6 is 0 Å². The fourth-order valence-corrected chi connectivity index (χ4v) is 3.94. The van der Waals surface area contributed by atoms with Gasteiger partial charge in [-0.2, -0.15) is 5.10 Å². The highest BCUT2D eigenvalue weighted by molar-refractivity contribution is 5.20. The van der Waals surface area contributed by atoms with E-state index in [9.17, 15) is 5.11 Å². The second-order valence-electron chi connectivity index (χ2n) is 6.60. The molecule has 0 bridgehead atoms. The van der Waals surface area contributed by atoms with Gasteiger partial charge in [0.05, 0.1) is 17.9 Å². The molecule has 0 aromatic carbocycles. The maximum atomic E-state index is 10.7. The van der Waals surface area contributed by atoms with Crippen LogP contribution in [0.3, 0.4) is 0 Å². The van der Waals surface area contributed by atoms with Crippen LogP contribution in [0, 0.1) is 12.8 Å². The number of aryl methyl sites for hydroxylation is 1. The van der Waals surface area contributed by atoms with Gasteiger partial charge in [-0.15, -0.1) is 0 Å². The molecule has 4 heteroatoms. The van der Waals surface area contributed by atoms with Crippen LogP contribution in [0.1, 0.15) is 62.3 Å². The minimum Gasteiger partial charge on any atom is -0.388 e. The van der Waals surface area contributed by atoms with Gasteiger partial charge in [0.1, 0.15) is 0 Å². The SMILES string of the molecule is Cc1c(C(O)C2CCOC3(CCCCC3)C2)cnn1C. The standard InChI is InChI=1S/C16H26N2O2/c1-12-14(11-17-18(12)2)15(19)13-6-9-20-16(10-13)7-4-3-5-8-16/h11,13,15,19H,3-10H2,1-2H3. The third-order valence-electron chi connectivity index (χ3n) is 5.33. The zero-order chi connectivity index (χ0) is 14.2. The Morgan fingerprint density at radius 2 is 2.15 bits per heavy atom. The van der Waals surface area contributed by atoms with E-state index in [0.717, 1.165) is 30.7 Å². The van der Waals surface area contributed by atoms with Gasteiger partial charge in [-0.3, -0.25) is 4.68 Å². The van der Waals surface area contributed by atoms with Crippen molar-refractivity contribution in [3.05, 3.63) is 17.5 Å². The Kier molecular flexibility index (Phi) is 3.87. The summed E-state index contributed by atoms with van der Waals surface area (Å²) in [6, 6.07) is 0. The highest BCUT2D eigenvalue weighted by Crippen LogP contribution is 2.44. The Bertz CT molecular complexity index is 458. The number of hydrogen-bond donors (Lipinski definition) is 1. The van der Waals surface area contributed by atoms with Crippen molar-refractivity contribution >= 4 is 0 Å². The third-order valence-corrected chi connectivity index (χ3v) is 5.33. The molecule has 1 aromatic heterocycles. The van der Waals surface area contributed by atoms with Crippen molar-refractivity contribution in [1.29, 1.82) is 0 Å². The molecule has 112 valence electrons. The smallest absolute Gasteiger partial charge is 0.0853 e. The van der Waals surface area contributed by atoms with Crippen LogP contribution in [0.15, 0.2) is 6.20 Å². The van der Waals surface area contributed by atoms with Crippen molar-refractivity contribution in [3.63, 3.8) is 0 Å². The van der Waals surface area contributed by atoms with E-state index in [2.05, 4.69) is 5.10 Å². The molecule has 2 heterocycles. The molecule has 2 atom stereocenters. The number of hydrogen-bond acceptors (Lipinski definition) is 3. The topological polar surface area (TPSA) is 47.3 Å². The van der Waals surface area contributed by atoms with Crippen LogP contribution in [0.2, 0.25) is 0 Å². The first-order valence-electron chi connectivity index (χ1n) is 7.92. The van der Waals surface area contributed by atoms with Gasteiger partial charge in [0.15, 0.2) is 0 Å². The van der Waals surface area contributed by atoms with Crippen LogP contribution < -0.4 is 0 Å². The maximum Gasteiger partial charge on any atom is 0.0853 e. The number of nitrogens with zero attached hydrogens (tertiary/aromatic N) is 2. The predicted molar refractivity (Wildman–Crippen MR) is 77.4 cm³/mol. The second kappa shape index (κ2) is 5.49. The number of ether oxygens (including phenoxy) is 1. The van der Waals surface area contributed by atoms with Gasteiger partial charge in [0, 0.05) is 24.9 Å². The van der Waals surface area contributed by atoms with Gasteiger partial charge in [0.25, 0.3) is 0 Å². The largest absolute Gasteiger partial charge is 0.388 e. The number of aliphatic hydroxyl groups excluding tert-OH is 1. The molecule has 0 amide bonds. The van der Waals surface area contributed by atoms with Gasteiger partial charge < -0.3 is 9.84 Å². The lowest BCUT2D eigenvalue weighted by Crippen LogP contribution is -2.42. The normalized spacial score (nSPS) is 27.6. The van der Waals surface area contributed by atoms with Gasteiger partial charge in [0.2, 0.25) is 0 Å². The summed E-state index contributed by atoms with van der Waals surface area (Å²) in [6.45, 7) is 2.82. The molecule has 2 fully saturated rings. The van der Waals surface area contributed by atoms with Crippen molar-refractivity contribution in [2.45, 2.75) is 63.6 Å². The minimum atomic E-state index is -0.397. The molecular weight excluding hydrogens is 252 g/mol. The first-order chi connectivity index (χ1) is 9.61. The monoisotopic (exact) mass is 278 g/mol. The Balaban J connectivity index is 1.74. The molecule has 0 radical (unpaired) electrons. The zero-order valence-electron chi connectivity index (χ0n) is 12.6. The van der Waals surface area contributed by atoms with Crippen molar-refractivity contribution < 1.29 is 9.84 Å². The highest BCUT2D eigenvalue weighted by atomic mass is 16.5. The molecule has 1 N–H and O–H groups in total. The first kappa shape index (κ1) is 14.1. The average Bonchev–Trinajstić information content (AvgIpc) is 2.79. The molecule has 1 saturated heterocycles. The molecular formula is C16H26N2O2. The molecule has 4 nitrogen and oxygen atoms in total. The lowest BCUT2D eigenvalue weighted by molar-refractivity contribution is -0.134. The molecule has 20 heavy (non-hydrogen) atoms. The molecule has 1 spiro atoms. The van der Waals surface area contributed by atoms with Crippen LogP contribution in [0.5, 0.6) is 0 Å². The average molecular weight is 278 g/mol. The quantitative estimate of drug-likeness (QED) is 0.905. The van der Waals surface area contributed by atoms with Crippen molar-refractivity contribution in [1.82, 2.24) is 9.78 Å². The maximum absolute atomic E-state index is 10.7. The van der Waals surface area contributed by atoms with Crippen LogP contribution in [0.4, 0.5) is 0 Å². The van der Waals surface area contributed by atoms with Gasteiger partial charge >= 0.3 is 0 Å². The Hall–Kier alpha value is -0.870. The van der Waals surface area contributed by atoms with E-state index >= 15 is 0 Å². The summed E-state index contributed by atoms with van der Waals surface area (Å²) in [7, 11) is 1.93. The Labute approximate surface area is 121 Å². The fourth-order valence-electron chi connectivity index (χ4n) is 3.94. The zero-order valence-corrected chi connectivity index (χ0v) is 12.6. The third kappa shape index (κ3) is 2.51. The van der Waals surface area contributed by atoms with E-state index in [-0.39, 0.29) is 5.60 Å². The first-order valence-corrected chi connectivity index (χ1v) is 7.92. The highest BCUT2D eigenvalue weighted by Gasteiger charge is 2.41. The summed E-state index contributed by atoms with van der Waals surface area (Å²) in [5, 5.41) is 15.0. The molecule has 1 aliphatic carbocycles. The number of aliphatic hydroxyl groups is 1. The van der Waals surface area contributed by atoms with E-state index in [1.54, 1.807) is 0 Å². The molecule has 1 aromatic rings. The van der Waals surface area contributed by atoms with Crippen molar-refractivity contribution in [2.24, 2.45) is 13.0 Å². The Morgan fingerprint density at radius 1 is 1.40 bits per heavy atom. The molecule has 2 unspecified atom stereocenters.